The summed E-state index contributed by atoms with van der Waals surface area (Å²) in [6.45, 7) is 2.71. The number of nitrogen functional groups attached to an aromatic ring is 1. The van der Waals surface area contributed by atoms with Crippen LogP contribution < -0.4 is 16.6 Å². The second-order valence-electron chi connectivity index (χ2n) is 9.66. The van der Waals surface area contributed by atoms with E-state index >= 15 is 0 Å². The number of carbonyl (C=O) groups excluding carboxylic acids is 3. The topological polar surface area (TPSA) is 137 Å². The number of nitrogens with one attached hydrogen (secondary N) is 1. The minimum Gasteiger partial charge on any atom is -0.393 e. The van der Waals surface area contributed by atoms with Crippen molar-refractivity contribution in [2.24, 2.45) is 0 Å². The molecule has 2 heterocycles. The third-order valence-electron chi connectivity index (χ3n) is 6.88. The molecule has 1 aromatic carbocycles. The number of carbonyl (C=O) groups is 3. The van der Waals surface area contributed by atoms with Crippen molar-refractivity contribution in [3.8, 4) is 11.4 Å². The molecular formula is C29H35N5O5. The summed E-state index contributed by atoms with van der Waals surface area (Å²) in [6, 6.07) is 9.19. The number of Topliss-reactive ketones (excluding diaryl/α,β-unsaturated/α-hetero) is 2. The van der Waals surface area contributed by atoms with Crippen molar-refractivity contribution in [3.63, 3.8) is 0 Å². The average molecular weight is 534 g/mol. The smallest absolute Gasteiger partial charge is 0.277 e. The Bertz CT molecular complexity index is 1310. The van der Waals surface area contributed by atoms with Crippen molar-refractivity contribution in [2.75, 3.05) is 38.6 Å². The standard InChI is InChI=1S/C29H35N5O5/c30-23-19-32-28(22-10-6-4-7-11-22)34(29(23)38)20-25(35)31-14-8-3-1-2-5-9-21-12-13-24(27(37)26(21)36)33-15-17-39-18-16-33/h4,6-7,10-13,19H,1-3,5,8-9,14-18,20,30H2,(H,31,35). The Morgan fingerprint density at radius 1 is 0.949 bits per heavy atom. The number of ether oxygens (including phenoxy) is 1. The first-order chi connectivity index (χ1) is 19.0. The third kappa shape index (κ3) is 7.29. The lowest BCUT2D eigenvalue weighted by molar-refractivity contribution is -0.133. The zero-order chi connectivity index (χ0) is 27.6. The maximum Gasteiger partial charge on any atom is 0.277 e. The molecule has 39 heavy (non-hydrogen) atoms. The fraction of sp³-hybridized carbons (Fsp3) is 0.414. The minimum absolute atomic E-state index is 0.00824. The number of ketones is 2. The molecule has 0 radical (unpaired) electrons. The lowest BCUT2D eigenvalue weighted by Gasteiger charge is -2.30. The summed E-state index contributed by atoms with van der Waals surface area (Å²) in [5, 5.41) is 2.86. The Labute approximate surface area is 227 Å². The Hall–Kier alpha value is -4.05. The van der Waals surface area contributed by atoms with Crippen LogP contribution in [0.2, 0.25) is 0 Å². The van der Waals surface area contributed by atoms with Gasteiger partial charge in [0.1, 0.15) is 18.1 Å². The number of hydrogen-bond donors (Lipinski definition) is 2. The first kappa shape index (κ1) is 28.0. The van der Waals surface area contributed by atoms with Crippen LogP contribution in [0.4, 0.5) is 5.69 Å². The highest BCUT2D eigenvalue weighted by atomic mass is 16.5. The monoisotopic (exact) mass is 533 g/mol. The summed E-state index contributed by atoms with van der Waals surface area (Å²) in [5.41, 5.74) is 7.07. The molecule has 0 saturated carbocycles. The molecule has 2 aromatic rings. The quantitative estimate of drug-likeness (QED) is 0.241. The Morgan fingerprint density at radius 3 is 2.44 bits per heavy atom. The van der Waals surface area contributed by atoms with Crippen molar-refractivity contribution >= 4 is 23.2 Å². The molecule has 0 unspecified atom stereocenters. The van der Waals surface area contributed by atoms with Gasteiger partial charge in [-0.15, -0.1) is 0 Å². The summed E-state index contributed by atoms with van der Waals surface area (Å²) >= 11 is 0. The van der Waals surface area contributed by atoms with Gasteiger partial charge in [0.15, 0.2) is 0 Å². The second-order valence-corrected chi connectivity index (χ2v) is 9.66. The highest BCUT2D eigenvalue weighted by Crippen LogP contribution is 2.21. The number of aromatic nitrogens is 2. The zero-order valence-corrected chi connectivity index (χ0v) is 22.1. The van der Waals surface area contributed by atoms with Gasteiger partial charge < -0.3 is 20.7 Å². The summed E-state index contributed by atoms with van der Waals surface area (Å²) in [4.78, 5) is 56.4. The van der Waals surface area contributed by atoms with Crippen LogP contribution in [0.5, 0.6) is 0 Å². The number of allylic oxidation sites excluding steroid dienone is 4. The molecule has 1 saturated heterocycles. The van der Waals surface area contributed by atoms with Gasteiger partial charge in [-0.3, -0.25) is 23.7 Å². The van der Waals surface area contributed by atoms with Crippen molar-refractivity contribution in [2.45, 2.75) is 45.1 Å². The fourth-order valence-electron chi connectivity index (χ4n) is 4.71. The predicted molar refractivity (Wildman–Crippen MR) is 148 cm³/mol. The first-order valence-electron chi connectivity index (χ1n) is 13.5. The molecule has 0 bridgehead atoms. The van der Waals surface area contributed by atoms with Crippen molar-refractivity contribution in [1.82, 2.24) is 19.8 Å². The van der Waals surface area contributed by atoms with Crippen molar-refractivity contribution in [3.05, 3.63) is 70.3 Å². The van der Waals surface area contributed by atoms with E-state index in [1.807, 2.05) is 35.2 Å². The lowest BCUT2D eigenvalue weighted by atomic mass is 9.94. The molecule has 1 aliphatic carbocycles. The molecule has 0 spiro atoms. The number of amides is 1. The van der Waals surface area contributed by atoms with E-state index in [4.69, 9.17) is 10.5 Å². The molecule has 1 aliphatic heterocycles. The number of unbranched alkanes of at least 4 members (excludes halogenated alkanes) is 4. The van der Waals surface area contributed by atoms with Gasteiger partial charge >= 0.3 is 0 Å². The normalized spacial score (nSPS) is 15.6. The summed E-state index contributed by atoms with van der Waals surface area (Å²) in [5.74, 6) is -0.700. The van der Waals surface area contributed by atoms with Gasteiger partial charge in [0, 0.05) is 30.8 Å². The highest BCUT2D eigenvalue weighted by molar-refractivity contribution is 6.49. The van der Waals surface area contributed by atoms with E-state index in [2.05, 4.69) is 10.3 Å². The number of anilines is 1. The number of hydrogen-bond acceptors (Lipinski definition) is 8. The maximum atomic E-state index is 12.6. The number of rotatable bonds is 12. The molecule has 1 fully saturated rings. The molecule has 0 atom stereocenters. The molecular weight excluding hydrogens is 498 g/mol. The third-order valence-corrected chi connectivity index (χ3v) is 6.88. The molecule has 10 heteroatoms. The fourth-order valence-corrected chi connectivity index (χ4v) is 4.71. The van der Waals surface area contributed by atoms with E-state index in [-0.39, 0.29) is 18.1 Å². The predicted octanol–water partition coefficient (Wildman–Crippen LogP) is 2.24. The second kappa shape index (κ2) is 13.7. The highest BCUT2D eigenvalue weighted by Gasteiger charge is 2.29. The van der Waals surface area contributed by atoms with E-state index in [0.717, 1.165) is 37.7 Å². The van der Waals surface area contributed by atoms with Gasteiger partial charge in [0.25, 0.3) is 5.56 Å². The van der Waals surface area contributed by atoms with Crippen molar-refractivity contribution in [1.29, 1.82) is 0 Å². The van der Waals surface area contributed by atoms with Crippen LogP contribution in [-0.2, 0) is 25.7 Å². The van der Waals surface area contributed by atoms with Crippen LogP contribution in [0.3, 0.4) is 0 Å². The van der Waals surface area contributed by atoms with E-state index in [1.165, 1.54) is 10.8 Å². The maximum absolute atomic E-state index is 12.6. The van der Waals surface area contributed by atoms with Gasteiger partial charge in [-0.25, -0.2) is 4.98 Å². The molecule has 10 nitrogen and oxygen atoms in total. The molecule has 1 amide bonds. The SMILES string of the molecule is Nc1cnc(-c2ccccc2)n(CC(=O)NCCCCCCCC2=CC=C(N3CCOCC3)C(=O)C2=O)c1=O. The molecule has 206 valence electrons. The van der Waals surface area contributed by atoms with Crippen LogP contribution in [0.1, 0.15) is 38.5 Å². The average Bonchev–Trinajstić information content (AvgIpc) is 2.96. The molecule has 3 N–H and O–H groups in total. The van der Waals surface area contributed by atoms with Crippen LogP contribution >= 0.6 is 0 Å². The van der Waals surface area contributed by atoms with Gasteiger partial charge in [-0.1, -0.05) is 55.7 Å². The van der Waals surface area contributed by atoms with E-state index < -0.39 is 17.1 Å². The number of benzene rings is 1. The summed E-state index contributed by atoms with van der Waals surface area (Å²) < 4.78 is 6.61. The number of morpholine rings is 1. The van der Waals surface area contributed by atoms with Crippen LogP contribution in [0, 0.1) is 0 Å². The largest absolute Gasteiger partial charge is 0.393 e. The minimum atomic E-state index is -0.444. The van der Waals surface area contributed by atoms with E-state index in [0.29, 0.717) is 56.4 Å². The van der Waals surface area contributed by atoms with Crippen LogP contribution in [-0.4, -0.2) is 64.8 Å². The van der Waals surface area contributed by atoms with Crippen LogP contribution in [0.25, 0.3) is 11.4 Å². The Balaban J connectivity index is 1.15. The first-order valence-corrected chi connectivity index (χ1v) is 13.5. The zero-order valence-electron chi connectivity index (χ0n) is 22.1. The van der Waals surface area contributed by atoms with Gasteiger partial charge in [0.2, 0.25) is 17.5 Å². The Kier molecular flexibility index (Phi) is 9.80. The number of nitrogens with two attached hydrogens (primary N) is 1. The van der Waals surface area contributed by atoms with E-state index in [9.17, 15) is 19.2 Å². The molecule has 2 aliphatic rings. The van der Waals surface area contributed by atoms with Crippen molar-refractivity contribution < 1.29 is 19.1 Å². The van der Waals surface area contributed by atoms with Crippen LogP contribution in [0.15, 0.2) is 64.7 Å². The number of nitrogens with zero attached hydrogens (tertiary/aromatic N) is 3. The Morgan fingerprint density at radius 2 is 1.67 bits per heavy atom. The summed E-state index contributed by atoms with van der Waals surface area (Å²) in [7, 11) is 0. The van der Waals surface area contributed by atoms with E-state index in [1.54, 1.807) is 12.2 Å². The van der Waals surface area contributed by atoms with Gasteiger partial charge in [-0.2, -0.15) is 0 Å². The van der Waals surface area contributed by atoms with Gasteiger partial charge in [-0.05, 0) is 25.3 Å². The summed E-state index contributed by atoms with van der Waals surface area (Å²) in [6.07, 6.45) is 9.88. The lowest BCUT2D eigenvalue weighted by Crippen LogP contribution is -2.40. The molecule has 1 aromatic heterocycles. The van der Waals surface area contributed by atoms with Gasteiger partial charge in [0.05, 0.1) is 25.1 Å². The molecule has 4 rings (SSSR count).